The predicted molar refractivity (Wildman–Crippen MR) is 75.7 cm³/mol. The van der Waals surface area contributed by atoms with E-state index in [-0.39, 0.29) is 17.7 Å². The molecule has 1 atom stereocenters. The number of halogens is 1. The van der Waals surface area contributed by atoms with E-state index in [1.807, 2.05) is 26.0 Å². The lowest BCUT2D eigenvalue weighted by atomic mass is 10.0. The van der Waals surface area contributed by atoms with Gasteiger partial charge in [-0.05, 0) is 23.6 Å². The highest BCUT2D eigenvalue weighted by Crippen LogP contribution is 2.10. The molecule has 0 bridgehead atoms. The molecule has 0 aliphatic carbocycles. The molecule has 0 aliphatic heterocycles. The van der Waals surface area contributed by atoms with Gasteiger partial charge in [0.05, 0.1) is 0 Å². The van der Waals surface area contributed by atoms with Crippen LogP contribution in [0.4, 0.5) is 0 Å². The smallest absolute Gasteiger partial charge is 0.243 e. The van der Waals surface area contributed by atoms with Crippen molar-refractivity contribution in [1.82, 2.24) is 10.6 Å². The molecule has 104 valence electrons. The summed E-state index contributed by atoms with van der Waals surface area (Å²) in [5.74, 6) is -0.370. The first kappa shape index (κ1) is 15.5. The topological polar surface area (TPSA) is 58.2 Å². The van der Waals surface area contributed by atoms with Crippen molar-refractivity contribution in [3.05, 3.63) is 34.9 Å². The summed E-state index contributed by atoms with van der Waals surface area (Å²) in [6.07, 6.45) is 0. The summed E-state index contributed by atoms with van der Waals surface area (Å²) in [5.41, 5.74) is 0.922. The van der Waals surface area contributed by atoms with Gasteiger partial charge in [0.25, 0.3) is 0 Å². The molecule has 0 unspecified atom stereocenters. The molecule has 0 spiro atoms. The highest BCUT2D eigenvalue weighted by atomic mass is 35.5. The summed E-state index contributed by atoms with van der Waals surface area (Å²) >= 11 is 5.87. The minimum Gasteiger partial charge on any atom is -0.350 e. The average Bonchev–Trinajstić information content (AvgIpc) is 2.32. The van der Waals surface area contributed by atoms with Crippen LogP contribution in [0.5, 0.6) is 0 Å². The van der Waals surface area contributed by atoms with Crippen LogP contribution in [-0.4, -0.2) is 17.9 Å². The highest BCUT2D eigenvalue weighted by Gasteiger charge is 2.22. The Balaban J connectivity index is 2.59. The van der Waals surface area contributed by atoms with Crippen LogP contribution in [0.1, 0.15) is 26.3 Å². The zero-order valence-corrected chi connectivity index (χ0v) is 12.1. The molecule has 0 saturated heterocycles. The average molecular weight is 283 g/mol. The molecule has 1 aromatic carbocycles. The Morgan fingerprint density at radius 1 is 1.32 bits per heavy atom. The predicted octanol–water partition coefficient (Wildman–Crippen LogP) is 2.12. The molecular weight excluding hydrogens is 264 g/mol. The molecule has 0 aliphatic rings. The van der Waals surface area contributed by atoms with Crippen LogP contribution < -0.4 is 10.6 Å². The highest BCUT2D eigenvalue weighted by molar-refractivity contribution is 6.30. The van der Waals surface area contributed by atoms with Crippen molar-refractivity contribution in [2.75, 3.05) is 0 Å². The van der Waals surface area contributed by atoms with Gasteiger partial charge in [0.1, 0.15) is 6.04 Å². The van der Waals surface area contributed by atoms with Gasteiger partial charge in [0, 0.05) is 18.5 Å². The Bertz CT molecular complexity index is 461. The summed E-state index contributed by atoms with van der Waals surface area (Å²) in [5, 5.41) is 6.08. The Morgan fingerprint density at radius 3 is 2.53 bits per heavy atom. The molecule has 4 nitrogen and oxygen atoms in total. The molecule has 1 rings (SSSR count). The van der Waals surface area contributed by atoms with Crippen molar-refractivity contribution < 1.29 is 9.59 Å². The molecule has 0 saturated carbocycles. The molecular formula is C14H19ClN2O2. The van der Waals surface area contributed by atoms with E-state index in [1.165, 1.54) is 6.92 Å². The summed E-state index contributed by atoms with van der Waals surface area (Å²) < 4.78 is 0. The summed E-state index contributed by atoms with van der Waals surface area (Å²) in [6, 6.07) is 6.77. The lowest BCUT2D eigenvalue weighted by Crippen LogP contribution is -2.48. The number of nitrogens with one attached hydrogen (secondary N) is 2. The van der Waals surface area contributed by atoms with E-state index in [1.54, 1.807) is 12.1 Å². The lowest BCUT2D eigenvalue weighted by molar-refractivity contribution is -0.129. The molecule has 19 heavy (non-hydrogen) atoms. The monoisotopic (exact) mass is 282 g/mol. The Labute approximate surface area is 118 Å². The molecule has 0 fully saturated rings. The Kier molecular flexibility index (Phi) is 5.83. The van der Waals surface area contributed by atoms with Gasteiger partial charge >= 0.3 is 0 Å². The van der Waals surface area contributed by atoms with E-state index in [0.717, 1.165) is 5.56 Å². The van der Waals surface area contributed by atoms with Gasteiger partial charge < -0.3 is 10.6 Å². The first-order valence-corrected chi connectivity index (χ1v) is 6.57. The van der Waals surface area contributed by atoms with E-state index in [0.29, 0.717) is 11.6 Å². The van der Waals surface area contributed by atoms with Crippen LogP contribution in [-0.2, 0) is 16.1 Å². The summed E-state index contributed by atoms with van der Waals surface area (Å²) in [6.45, 7) is 5.57. The zero-order valence-electron chi connectivity index (χ0n) is 11.4. The second-order valence-corrected chi connectivity index (χ2v) is 5.21. The second kappa shape index (κ2) is 7.14. The first-order chi connectivity index (χ1) is 8.90. The molecule has 2 amide bonds. The number of carbonyl (C=O) groups is 2. The Morgan fingerprint density at radius 2 is 2.00 bits per heavy atom. The van der Waals surface area contributed by atoms with Crippen molar-refractivity contribution in [1.29, 1.82) is 0 Å². The van der Waals surface area contributed by atoms with Crippen molar-refractivity contribution >= 4 is 23.4 Å². The van der Waals surface area contributed by atoms with Gasteiger partial charge in [-0.15, -0.1) is 0 Å². The van der Waals surface area contributed by atoms with Crippen molar-refractivity contribution in [3.8, 4) is 0 Å². The minimum atomic E-state index is -0.517. The number of amides is 2. The van der Waals surface area contributed by atoms with Crippen LogP contribution in [0.15, 0.2) is 24.3 Å². The van der Waals surface area contributed by atoms with Crippen LogP contribution in [0.2, 0.25) is 5.02 Å². The van der Waals surface area contributed by atoms with Crippen molar-refractivity contribution in [2.45, 2.75) is 33.4 Å². The molecule has 0 heterocycles. The van der Waals surface area contributed by atoms with Crippen LogP contribution in [0.3, 0.4) is 0 Å². The number of rotatable bonds is 5. The molecule has 1 aromatic rings. The van der Waals surface area contributed by atoms with Crippen molar-refractivity contribution in [3.63, 3.8) is 0 Å². The fraction of sp³-hybridized carbons (Fsp3) is 0.429. The van der Waals surface area contributed by atoms with E-state index in [9.17, 15) is 9.59 Å². The first-order valence-electron chi connectivity index (χ1n) is 6.19. The standard InChI is InChI=1S/C14H19ClN2O2/c1-9(2)13(17-10(3)18)14(19)16-8-11-5-4-6-12(15)7-11/h4-7,9,13H,8H2,1-3H3,(H,16,19)(H,17,18)/t13-/m1/s1. The number of hydrogen-bond acceptors (Lipinski definition) is 2. The second-order valence-electron chi connectivity index (χ2n) is 4.77. The van der Waals surface area contributed by atoms with Gasteiger partial charge in [0.2, 0.25) is 11.8 Å². The lowest BCUT2D eigenvalue weighted by Gasteiger charge is -2.20. The van der Waals surface area contributed by atoms with Crippen LogP contribution >= 0.6 is 11.6 Å². The van der Waals surface area contributed by atoms with Crippen LogP contribution in [0.25, 0.3) is 0 Å². The third-order valence-corrected chi connectivity index (χ3v) is 2.90. The summed E-state index contributed by atoms with van der Waals surface area (Å²) in [7, 11) is 0. The van der Waals surface area contributed by atoms with Crippen LogP contribution in [0, 0.1) is 5.92 Å². The number of hydrogen-bond donors (Lipinski definition) is 2. The normalized spacial score (nSPS) is 12.1. The van der Waals surface area contributed by atoms with Gasteiger partial charge in [-0.2, -0.15) is 0 Å². The molecule has 5 heteroatoms. The maximum absolute atomic E-state index is 12.0. The van der Waals surface area contributed by atoms with Gasteiger partial charge in [-0.3, -0.25) is 9.59 Å². The maximum atomic E-state index is 12.0. The van der Waals surface area contributed by atoms with Gasteiger partial charge in [-0.1, -0.05) is 37.6 Å². The fourth-order valence-corrected chi connectivity index (χ4v) is 1.91. The van der Waals surface area contributed by atoms with E-state index in [4.69, 9.17) is 11.6 Å². The minimum absolute atomic E-state index is 0.0308. The SMILES string of the molecule is CC(=O)N[C@@H](C(=O)NCc1cccc(Cl)c1)C(C)C. The quantitative estimate of drug-likeness (QED) is 0.869. The maximum Gasteiger partial charge on any atom is 0.243 e. The third kappa shape index (κ3) is 5.30. The Hall–Kier alpha value is -1.55. The number of carbonyl (C=O) groups excluding carboxylic acids is 2. The van der Waals surface area contributed by atoms with Gasteiger partial charge in [0.15, 0.2) is 0 Å². The molecule has 2 N–H and O–H groups in total. The van der Waals surface area contributed by atoms with Crippen molar-refractivity contribution in [2.24, 2.45) is 5.92 Å². The van der Waals surface area contributed by atoms with Gasteiger partial charge in [-0.25, -0.2) is 0 Å². The van der Waals surface area contributed by atoms with E-state index < -0.39 is 6.04 Å². The largest absolute Gasteiger partial charge is 0.350 e. The molecule has 0 radical (unpaired) electrons. The molecule has 0 aromatic heterocycles. The zero-order chi connectivity index (χ0) is 14.4. The fourth-order valence-electron chi connectivity index (χ4n) is 1.70. The van der Waals surface area contributed by atoms with E-state index in [2.05, 4.69) is 10.6 Å². The number of benzene rings is 1. The third-order valence-electron chi connectivity index (χ3n) is 2.66. The summed E-state index contributed by atoms with van der Waals surface area (Å²) in [4.78, 5) is 23.1. The van der Waals surface area contributed by atoms with E-state index >= 15 is 0 Å².